The van der Waals surface area contributed by atoms with E-state index >= 15 is 0 Å². The highest BCUT2D eigenvalue weighted by molar-refractivity contribution is 9.12. The molecule has 3 aliphatic heterocycles. The summed E-state index contributed by atoms with van der Waals surface area (Å²) in [5.74, 6) is 0.858. The monoisotopic (exact) mass is 640 g/mol. The van der Waals surface area contributed by atoms with Gasteiger partial charge in [-0.1, -0.05) is 46.1 Å². The standard InChI is InChI=1S/C26H32Br2ClN3O.CH3NO/c1-2-18-14-21(29)15-22(28)25(18)26(23-4-3-20(27)16-31-23)19-7-11-32(12-8-19)24(33)13-17-5-9-30-10-6-17;2-1-3/h3-4,14-17,23,30-31H,2,5-13H2,1H3;1H,(H2,2,3). The largest absolute Gasteiger partial charge is 0.380 e. The molecule has 1 aromatic carbocycles. The maximum Gasteiger partial charge on any atom is 0.222 e. The first kappa shape index (κ1) is 29.0. The number of aryl methyl sites for hydroxylation is 1. The van der Waals surface area contributed by atoms with Gasteiger partial charge in [0.15, 0.2) is 0 Å². The lowest BCUT2D eigenvalue weighted by atomic mass is 9.85. The summed E-state index contributed by atoms with van der Waals surface area (Å²) in [5.41, 5.74) is 9.38. The van der Waals surface area contributed by atoms with Crippen LogP contribution >= 0.6 is 43.5 Å². The highest BCUT2D eigenvalue weighted by Crippen LogP contribution is 2.39. The fourth-order valence-electron chi connectivity index (χ4n) is 5.16. The smallest absolute Gasteiger partial charge is 0.222 e. The molecule has 196 valence electrons. The molecule has 3 heterocycles. The molecule has 0 bridgehead atoms. The van der Waals surface area contributed by atoms with Gasteiger partial charge in [0, 0.05) is 39.7 Å². The molecule has 2 fully saturated rings. The van der Waals surface area contributed by atoms with Gasteiger partial charge in [0.25, 0.3) is 0 Å². The Hall–Kier alpha value is -1.61. The molecule has 6 nitrogen and oxygen atoms in total. The molecule has 36 heavy (non-hydrogen) atoms. The quantitative estimate of drug-likeness (QED) is 0.381. The average molecular weight is 643 g/mol. The van der Waals surface area contributed by atoms with Crippen LogP contribution in [0.4, 0.5) is 0 Å². The van der Waals surface area contributed by atoms with E-state index in [0.29, 0.717) is 18.2 Å². The first-order chi connectivity index (χ1) is 17.4. The number of carbonyl (C=O) groups is 2. The van der Waals surface area contributed by atoms with Crippen LogP contribution in [0.2, 0.25) is 5.02 Å². The summed E-state index contributed by atoms with van der Waals surface area (Å²) < 4.78 is 2.06. The molecule has 9 heteroatoms. The lowest BCUT2D eigenvalue weighted by molar-refractivity contribution is -0.132. The van der Waals surface area contributed by atoms with E-state index in [1.807, 2.05) is 12.3 Å². The number of halogens is 3. The van der Waals surface area contributed by atoms with E-state index < -0.39 is 0 Å². The Morgan fingerprint density at radius 3 is 2.47 bits per heavy atom. The predicted molar refractivity (Wildman–Crippen MR) is 155 cm³/mol. The van der Waals surface area contributed by atoms with Gasteiger partial charge in [-0.2, -0.15) is 0 Å². The van der Waals surface area contributed by atoms with Crippen molar-refractivity contribution in [2.24, 2.45) is 11.7 Å². The third-order valence-corrected chi connectivity index (χ3v) is 8.31. The number of primary amides is 1. The summed E-state index contributed by atoms with van der Waals surface area (Å²) in [6, 6.07) is 4.16. The van der Waals surface area contributed by atoms with Crippen molar-refractivity contribution in [3.8, 4) is 0 Å². The van der Waals surface area contributed by atoms with E-state index in [4.69, 9.17) is 16.4 Å². The molecular weight excluding hydrogens is 608 g/mol. The van der Waals surface area contributed by atoms with Gasteiger partial charge in [0.1, 0.15) is 0 Å². The van der Waals surface area contributed by atoms with Crippen molar-refractivity contribution in [3.63, 3.8) is 0 Å². The Kier molecular flexibility index (Phi) is 11.5. The summed E-state index contributed by atoms with van der Waals surface area (Å²) in [5, 5.41) is 7.69. The SMILES string of the molecule is CCc1cc(Cl)cc(Br)c1C(=C1CCN(C(=O)CC2CCNCC2)CC1)C1C=CC(Br)=CN1.NC=O. The number of carbonyl (C=O) groups excluding carboxylic acids is 2. The fraction of sp³-hybridized carbons (Fsp3) is 0.481. The van der Waals surface area contributed by atoms with Crippen LogP contribution in [0.25, 0.3) is 5.57 Å². The summed E-state index contributed by atoms with van der Waals surface area (Å²) in [7, 11) is 0. The Morgan fingerprint density at radius 2 is 1.89 bits per heavy atom. The molecule has 1 unspecified atom stereocenters. The number of nitrogens with two attached hydrogens (primary N) is 1. The van der Waals surface area contributed by atoms with Gasteiger partial charge >= 0.3 is 0 Å². The van der Waals surface area contributed by atoms with E-state index in [2.05, 4.69) is 78.3 Å². The molecule has 0 saturated carbocycles. The van der Waals surface area contributed by atoms with Gasteiger partial charge in [-0.25, -0.2) is 0 Å². The number of rotatable bonds is 5. The van der Waals surface area contributed by atoms with Crippen LogP contribution in [-0.2, 0) is 16.0 Å². The van der Waals surface area contributed by atoms with Crippen molar-refractivity contribution < 1.29 is 9.59 Å². The van der Waals surface area contributed by atoms with E-state index in [-0.39, 0.29) is 12.5 Å². The summed E-state index contributed by atoms with van der Waals surface area (Å²) in [6.45, 7) is 5.84. The second kappa shape index (κ2) is 14.4. The third-order valence-electron chi connectivity index (χ3n) is 6.97. The van der Waals surface area contributed by atoms with Crippen LogP contribution in [0.3, 0.4) is 0 Å². The number of nitrogens with zero attached hydrogens (tertiary/aromatic N) is 1. The molecule has 4 N–H and O–H groups in total. The second-order valence-electron chi connectivity index (χ2n) is 9.24. The van der Waals surface area contributed by atoms with Gasteiger partial charge in [-0.15, -0.1) is 0 Å². The molecule has 0 aliphatic carbocycles. The van der Waals surface area contributed by atoms with Gasteiger partial charge < -0.3 is 21.3 Å². The van der Waals surface area contributed by atoms with E-state index in [1.54, 1.807) is 0 Å². The highest BCUT2D eigenvalue weighted by Gasteiger charge is 2.28. The first-order valence-electron chi connectivity index (χ1n) is 12.5. The Bertz CT molecular complexity index is 1020. The van der Waals surface area contributed by atoms with E-state index in [9.17, 15) is 4.79 Å². The number of amides is 2. The zero-order valence-corrected chi connectivity index (χ0v) is 24.6. The fourth-order valence-corrected chi connectivity index (χ4v) is 6.53. The molecule has 2 amide bonds. The topological polar surface area (TPSA) is 87.5 Å². The number of nitrogens with one attached hydrogen (secondary N) is 2. The van der Waals surface area contributed by atoms with Crippen LogP contribution in [-0.4, -0.2) is 49.4 Å². The van der Waals surface area contributed by atoms with E-state index in [1.165, 1.54) is 22.3 Å². The van der Waals surface area contributed by atoms with Crippen LogP contribution in [0.1, 0.15) is 50.2 Å². The van der Waals surface area contributed by atoms with Crippen molar-refractivity contribution in [1.82, 2.24) is 15.5 Å². The van der Waals surface area contributed by atoms with Crippen molar-refractivity contribution in [1.29, 1.82) is 0 Å². The third kappa shape index (κ3) is 7.70. The number of dihydropyridines is 1. The minimum absolute atomic E-state index is 0.0843. The first-order valence-corrected chi connectivity index (χ1v) is 14.5. The van der Waals surface area contributed by atoms with Crippen molar-refractivity contribution in [2.45, 2.75) is 51.5 Å². The molecule has 3 aliphatic rings. The number of piperidine rings is 2. The zero-order chi connectivity index (χ0) is 26.1. The normalized spacial score (nSPS) is 20.1. The van der Waals surface area contributed by atoms with Crippen molar-refractivity contribution >= 4 is 61.4 Å². The maximum absolute atomic E-state index is 13.0. The van der Waals surface area contributed by atoms with Gasteiger partial charge in [-0.3, -0.25) is 9.59 Å². The second-order valence-corrected chi connectivity index (χ2v) is 11.4. The number of allylic oxidation sites excluding steroid dienone is 2. The number of benzene rings is 1. The van der Waals surface area contributed by atoms with Crippen LogP contribution < -0.4 is 16.4 Å². The molecule has 0 aromatic heterocycles. The molecule has 0 spiro atoms. The molecular formula is C27H35Br2ClN4O2. The number of likely N-dealkylation sites (tertiary alicyclic amines) is 1. The maximum atomic E-state index is 13.0. The summed E-state index contributed by atoms with van der Waals surface area (Å²) in [6.07, 6.45) is 12.2. The number of hydrogen-bond acceptors (Lipinski definition) is 4. The van der Waals surface area contributed by atoms with Crippen LogP contribution in [0, 0.1) is 5.92 Å². The molecule has 1 atom stereocenters. The highest BCUT2D eigenvalue weighted by atomic mass is 79.9. The number of hydrogen-bond donors (Lipinski definition) is 3. The van der Waals surface area contributed by atoms with Crippen LogP contribution in [0.5, 0.6) is 0 Å². The van der Waals surface area contributed by atoms with Gasteiger partial charge in [-0.05, 0) is 102 Å². The van der Waals surface area contributed by atoms with Gasteiger partial charge in [0.05, 0.1) is 6.04 Å². The summed E-state index contributed by atoms with van der Waals surface area (Å²) in [4.78, 5) is 23.6. The Labute approximate surface area is 236 Å². The van der Waals surface area contributed by atoms with Crippen molar-refractivity contribution in [3.05, 3.63) is 61.2 Å². The average Bonchev–Trinajstić information content (AvgIpc) is 2.87. The lowest BCUT2D eigenvalue weighted by Crippen LogP contribution is -2.39. The van der Waals surface area contributed by atoms with E-state index in [0.717, 1.165) is 72.3 Å². The van der Waals surface area contributed by atoms with Gasteiger partial charge in [0.2, 0.25) is 12.3 Å². The molecule has 0 radical (unpaired) electrons. The minimum atomic E-state index is 0.0843. The molecule has 1 aromatic rings. The zero-order valence-electron chi connectivity index (χ0n) is 20.7. The molecule has 2 saturated heterocycles. The predicted octanol–water partition coefficient (Wildman–Crippen LogP) is 5.30. The summed E-state index contributed by atoms with van der Waals surface area (Å²) >= 11 is 13.8. The lowest BCUT2D eigenvalue weighted by Gasteiger charge is -2.34. The Morgan fingerprint density at radius 1 is 1.22 bits per heavy atom. The minimum Gasteiger partial charge on any atom is -0.380 e. The Balaban J connectivity index is 0.00000115. The molecule has 4 rings (SSSR count). The van der Waals surface area contributed by atoms with Crippen LogP contribution in [0.15, 0.2) is 45.0 Å². The van der Waals surface area contributed by atoms with Crippen molar-refractivity contribution in [2.75, 3.05) is 26.2 Å².